The van der Waals surface area contributed by atoms with E-state index in [4.69, 9.17) is 0 Å². The maximum absolute atomic E-state index is 4.14. The van der Waals surface area contributed by atoms with Crippen LogP contribution in [-0.4, -0.2) is 0 Å². The van der Waals surface area contributed by atoms with Gasteiger partial charge in [-0.25, -0.2) is 0 Å². The van der Waals surface area contributed by atoms with Gasteiger partial charge in [-0.05, 0) is 59.1 Å². The quantitative estimate of drug-likeness (QED) is 0.605. The van der Waals surface area contributed by atoms with Gasteiger partial charge in [0.25, 0.3) is 0 Å². The van der Waals surface area contributed by atoms with Gasteiger partial charge in [0.1, 0.15) is 0 Å². The summed E-state index contributed by atoms with van der Waals surface area (Å²) in [5.41, 5.74) is 11.3. The van der Waals surface area contributed by atoms with Gasteiger partial charge >= 0.3 is 26.2 Å². The van der Waals surface area contributed by atoms with E-state index in [-0.39, 0.29) is 56.4 Å². The van der Waals surface area contributed by atoms with Crippen LogP contribution in [0.15, 0.2) is 60.7 Å². The number of allylic oxidation sites excluding steroid dienone is 4. The summed E-state index contributed by atoms with van der Waals surface area (Å²) in [5, 5.41) is 0. The molecule has 0 aromatic heterocycles. The molecule has 0 amide bonds. The molecule has 2 aliphatic rings. The molecule has 0 N–H and O–H groups in total. The van der Waals surface area contributed by atoms with Crippen LogP contribution < -0.4 is 24.8 Å². The Hall–Kier alpha value is -0.877. The minimum Gasteiger partial charge on any atom is -1.00 e. The molecule has 0 saturated heterocycles. The summed E-state index contributed by atoms with van der Waals surface area (Å²) in [4.78, 5) is 0. The van der Waals surface area contributed by atoms with E-state index < -0.39 is 0 Å². The van der Waals surface area contributed by atoms with E-state index >= 15 is 0 Å². The average Bonchev–Trinajstić information content (AvgIpc) is 3.20. The van der Waals surface area contributed by atoms with Crippen LogP contribution in [0.5, 0.6) is 0 Å². The molecule has 0 aliphatic heterocycles. The van der Waals surface area contributed by atoms with Crippen LogP contribution in [0.3, 0.4) is 0 Å². The number of hydrogen-bond donors (Lipinski definition) is 0. The third-order valence-corrected chi connectivity index (χ3v) is 6.13. The van der Waals surface area contributed by atoms with Crippen molar-refractivity contribution in [2.45, 2.75) is 40.0 Å². The minimum atomic E-state index is 0. The molecule has 3 heteroatoms. The number of rotatable bonds is 3. The van der Waals surface area contributed by atoms with E-state index in [0.717, 1.165) is 6.42 Å². The van der Waals surface area contributed by atoms with Crippen molar-refractivity contribution in [3.05, 3.63) is 88.5 Å². The molecular formula is C25H26Cl2Zr. The normalized spacial score (nSPS) is 16.1. The topological polar surface area (TPSA) is 0 Å². The Kier molecular flexibility index (Phi) is 8.35. The summed E-state index contributed by atoms with van der Waals surface area (Å²) < 4.78 is 0. The Labute approximate surface area is 201 Å². The summed E-state index contributed by atoms with van der Waals surface area (Å²) in [5.74, 6) is 0.372. The van der Waals surface area contributed by atoms with Crippen molar-refractivity contribution >= 4 is 6.08 Å². The van der Waals surface area contributed by atoms with Crippen LogP contribution >= 0.6 is 0 Å². The molecule has 0 spiro atoms. The van der Waals surface area contributed by atoms with Gasteiger partial charge in [-0.2, -0.15) is 0 Å². The predicted octanol–water partition coefficient (Wildman–Crippen LogP) is 0.977. The Morgan fingerprint density at radius 3 is 2.32 bits per heavy atom. The Balaban J connectivity index is 0.00000131. The van der Waals surface area contributed by atoms with Gasteiger partial charge in [0.2, 0.25) is 0 Å². The molecule has 0 saturated carbocycles. The number of halogens is 2. The molecule has 2 aromatic rings. The SMILES string of the molecule is C=Cc1c(C)ccc2c1C(C(C)(C)C1=CC=CC1)c1cc(C)ccc1-2.[Cl-].[Cl-].[Zr+2]. The zero-order valence-electron chi connectivity index (χ0n) is 16.9. The van der Waals surface area contributed by atoms with Gasteiger partial charge < -0.3 is 24.8 Å². The fourth-order valence-electron chi connectivity index (χ4n) is 4.74. The van der Waals surface area contributed by atoms with Crippen molar-refractivity contribution < 1.29 is 51.0 Å². The maximum atomic E-state index is 4.14. The summed E-state index contributed by atoms with van der Waals surface area (Å²) in [6.45, 7) is 13.4. The molecule has 0 nitrogen and oxygen atoms in total. The second kappa shape index (κ2) is 9.29. The van der Waals surface area contributed by atoms with Crippen LogP contribution in [0.25, 0.3) is 17.2 Å². The monoisotopic (exact) mass is 486 g/mol. The van der Waals surface area contributed by atoms with Crippen molar-refractivity contribution in [2.75, 3.05) is 0 Å². The van der Waals surface area contributed by atoms with Gasteiger partial charge in [-0.15, -0.1) is 0 Å². The van der Waals surface area contributed by atoms with Gasteiger partial charge in [0.15, 0.2) is 0 Å². The van der Waals surface area contributed by atoms with E-state index in [2.05, 4.69) is 88.9 Å². The van der Waals surface area contributed by atoms with Crippen molar-refractivity contribution in [1.82, 2.24) is 0 Å². The van der Waals surface area contributed by atoms with Crippen LogP contribution in [0.2, 0.25) is 0 Å². The third kappa shape index (κ3) is 3.79. The Morgan fingerprint density at radius 2 is 1.71 bits per heavy atom. The largest absolute Gasteiger partial charge is 2.00 e. The fourth-order valence-corrected chi connectivity index (χ4v) is 4.74. The first kappa shape index (κ1) is 25.2. The first-order chi connectivity index (χ1) is 11.9. The minimum absolute atomic E-state index is 0. The molecule has 28 heavy (non-hydrogen) atoms. The van der Waals surface area contributed by atoms with Gasteiger partial charge in [0.05, 0.1) is 0 Å². The molecule has 1 unspecified atom stereocenters. The predicted molar refractivity (Wildman–Crippen MR) is 109 cm³/mol. The number of aryl methyl sites for hydroxylation is 2. The molecule has 2 aliphatic carbocycles. The first-order valence-electron chi connectivity index (χ1n) is 9.18. The second-order valence-electron chi connectivity index (χ2n) is 8.03. The molecule has 0 heterocycles. The maximum Gasteiger partial charge on any atom is 2.00 e. The van der Waals surface area contributed by atoms with E-state index in [1.807, 2.05) is 0 Å². The van der Waals surface area contributed by atoms with Crippen LogP contribution in [0.4, 0.5) is 0 Å². The number of hydrogen-bond acceptors (Lipinski definition) is 0. The Bertz CT molecular complexity index is 951. The summed E-state index contributed by atoms with van der Waals surface area (Å²) in [6.07, 6.45) is 9.91. The first-order valence-corrected chi connectivity index (χ1v) is 9.18. The van der Waals surface area contributed by atoms with E-state index in [0.29, 0.717) is 5.92 Å². The van der Waals surface area contributed by atoms with Gasteiger partial charge in [0, 0.05) is 5.92 Å². The fraction of sp³-hybridized carbons (Fsp3) is 0.280. The molecule has 2 aromatic carbocycles. The molecule has 1 atom stereocenters. The molecule has 0 fully saturated rings. The molecule has 144 valence electrons. The smallest absolute Gasteiger partial charge is 1.00 e. The molecule has 4 rings (SSSR count). The van der Waals surface area contributed by atoms with Crippen LogP contribution in [0, 0.1) is 19.3 Å². The standard InChI is InChI=1S/C25H26.2ClH.Zr/c1-6-19-17(3)12-14-21-20-13-11-16(2)15-22(20)24(23(19)21)25(4,5)18-9-7-8-10-18;;;/h6-9,11-15,24H,1,10H2,2-5H3;2*1H;/q;;;+2/p-2. The van der Waals surface area contributed by atoms with Crippen molar-refractivity contribution in [3.63, 3.8) is 0 Å². The van der Waals surface area contributed by atoms with E-state index in [1.165, 1.54) is 44.5 Å². The molecule has 0 bridgehead atoms. The number of fused-ring (bicyclic) bond motifs is 3. The zero-order valence-corrected chi connectivity index (χ0v) is 20.9. The zero-order chi connectivity index (χ0) is 17.8. The third-order valence-electron chi connectivity index (χ3n) is 6.13. The second-order valence-corrected chi connectivity index (χ2v) is 8.03. The summed E-state index contributed by atoms with van der Waals surface area (Å²) in [7, 11) is 0. The van der Waals surface area contributed by atoms with Crippen molar-refractivity contribution in [1.29, 1.82) is 0 Å². The van der Waals surface area contributed by atoms with Crippen molar-refractivity contribution in [3.8, 4) is 11.1 Å². The summed E-state index contributed by atoms with van der Waals surface area (Å²) >= 11 is 0. The van der Waals surface area contributed by atoms with E-state index in [1.54, 1.807) is 0 Å². The Morgan fingerprint density at radius 1 is 1.04 bits per heavy atom. The van der Waals surface area contributed by atoms with Crippen LogP contribution in [0.1, 0.15) is 54.0 Å². The van der Waals surface area contributed by atoms with Gasteiger partial charge in [-0.3, -0.25) is 0 Å². The summed E-state index contributed by atoms with van der Waals surface area (Å²) in [6, 6.07) is 11.5. The molecular weight excluding hydrogens is 462 g/mol. The number of benzene rings is 2. The molecule has 0 radical (unpaired) electrons. The van der Waals surface area contributed by atoms with Gasteiger partial charge in [-0.1, -0.05) is 86.2 Å². The van der Waals surface area contributed by atoms with Crippen LogP contribution in [-0.2, 0) is 26.2 Å². The van der Waals surface area contributed by atoms with E-state index in [9.17, 15) is 0 Å². The average molecular weight is 489 g/mol. The van der Waals surface area contributed by atoms with Crippen molar-refractivity contribution in [2.24, 2.45) is 5.41 Å².